The van der Waals surface area contributed by atoms with Gasteiger partial charge in [0.2, 0.25) is 0 Å². The van der Waals surface area contributed by atoms with E-state index in [4.69, 9.17) is 5.73 Å². The van der Waals surface area contributed by atoms with E-state index >= 15 is 0 Å². The lowest BCUT2D eigenvalue weighted by atomic mass is 10.2. The summed E-state index contributed by atoms with van der Waals surface area (Å²) in [6.45, 7) is 0. The summed E-state index contributed by atoms with van der Waals surface area (Å²) in [5.74, 6) is -0.811. The first-order valence-corrected chi connectivity index (χ1v) is 4.22. The summed E-state index contributed by atoms with van der Waals surface area (Å²) in [5.41, 5.74) is 3.62. The maximum absolute atomic E-state index is 12.8. The predicted octanol–water partition coefficient (Wildman–Crippen LogP) is 3.03. The molecule has 0 fully saturated rings. The van der Waals surface area contributed by atoms with Gasteiger partial charge in [-0.2, -0.15) is 13.2 Å². The zero-order valence-corrected chi connectivity index (χ0v) is 8.28. The van der Waals surface area contributed by atoms with Crippen molar-refractivity contribution in [3.8, 4) is 0 Å². The van der Waals surface area contributed by atoms with E-state index in [-0.39, 0.29) is 3.57 Å². The normalized spacial score (nSPS) is 11.8. The maximum Gasteiger partial charge on any atom is 0.416 e. The molecule has 0 bridgehead atoms. The molecule has 0 aromatic heterocycles. The second-order valence-corrected chi connectivity index (χ2v) is 3.52. The second-order valence-electron chi connectivity index (χ2n) is 2.36. The number of alkyl halides is 3. The van der Waals surface area contributed by atoms with Gasteiger partial charge in [0.25, 0.3) is 0 Å². The monoisotopic (exact) mass is 305 g/mol. The van der Waals surface area contributed by atoms with E-state index in [9.17, 15) is 17.6 Å². The Labute approximate surface area is 85.1 Å². The van der Waals surface area contributed by atoms with Crippen LogP contribution in [-0.2, 0) is 6.18 Å². The fraction of sp³-hybridized carbons (Fsp3) is 0.143. The molecule has 1 rings (SSSR count). The van der Waals surface area contributed by atoms with Crippen LogP contribution in [0.4, 0.5) is 23.2 Å². The van der Waals surface area contributed by atoms with Crippen molar-refractivity contribution in [3.05, 3.63) is 27.1 Å². The lowest BCUT2D eigenvalue weighted by Crippen LogP contribution is -2.07. The third-order valence-electron chi connectivity index (χ3n) is 1.38. The molecule has 0 aliphatic rings. The first kappa shape index (κ1) is 10.6. The highest BCUT2D eigenvalue weighted by atomic mass is 127. The standard InChI is InChI=1S/C7H4F4IN/c8-6-4(12)1-3(2-5(6)13)7(9,10)11/h1-2H,13H2. The van der Waals surface area contributed by atoms with Crippen LogP contribution in [0.1, 0.15) is 5.56 Å². The zero-order chi connectivity index (χ0) is 10.2. The first-order chi connectivity index (χ1) is 5.82. The molecule has 0 amide bonds. The van der Waals surface area contributed by atoms with Gasteiger partial charge in [0.1, 0.15) is 0 Å². The van der Waals surface area contributed by atoms with Gasteiger partial charge in [-0.05, 0) is 34.7 Å². The molecule has 0 heterocycles. The highest BCUT2D eigenvalue weighted by Crippen LogP contribution is 2.32. The van der Waals surface area contributed by atoms with E-state index in [1.54, 1.807) is 0 Å². The molecule has 0 unspecified atom stereocenters. The molecule has 72 valence electrons. The summed E-state index contributed by atoms with van der Waals surface area (Å²) < 4.78 is 49.0. The first-order valence-electron chi connectivity index (χ1n) is 3.14. The van der Waals surface area contributed by atoms with Gasteiger partial charge in [-0.3, -0.25) is 0 Å². The molecular formula is C7H4F4IN. The van der Waals surface area contributed by atoms with Crippen LogP contribution in [0, 0.1) is 9.39 Å². The highest BCUT2D eigenvalue weighted by molar-refractivity contribution is 14.1. The van der Waals surface area contributed by atoms with Crippen molar-refractivity contribution in [2.45, 2.75) is 6.18 Å². The molecule has 1 aromatic carbocycles. The Kier molecular flexibility index (Phi) is 2.69. The van der Waals surface area contributed by atoms with Crippen LogP contribution in [0.2, 0.25) is 0 Å². The fourth-order valence-corrected chi connectivity index (χ4v) is 1.42. The number of anilines is 1. The topological polar surface area (TPSA) is 26.0 Å². The number of hydrogen-bond donors (Lipinski definition) is 1. The van der Waals surface area contributed by atoms with Crippen molar-refractivity contribution >= 4 is 28.3 Å². The summed E-state index contributed by atoms with van der Waals surface area (Å²) >= 11 is 1.46. The summed E-state index contributed by atoms with van der Waals surface area (Å²) in [6.07, 6.45) is -4.48. The largest absolute Gasteiger partial charge is 0.416 e. The maximum atomic E-state index is 12.8. The van der Waals surface area contributed by atoms with Crippen molar-refractivity contribution < 1.29 is 17.6 Å². The van der Waals surface area contributed by atoms with Crippen LogP contribution >= 0.6 is 22.6 Å². The molecule has 2 N–H and O–H groups in total. The molecule has 13 heavy (non-hydrogen) atoms. The van der Waals surface area contributed by atoms with Crippen LogP contribution in [0.15, 0.2) is 12.1 Å². The van der Waals surface area contributed by atoms with Gasteiger partial charge in [0, 0.05) is 0 Å². The molecular weight excluding hydrogens is 301 g/mol. The van der Waals surface area contributed by atoms with Crippen LogP contribution in [0.25, 0.3) is 0 Å². The Morgan fingerprint density at radius 2 is 1.77 bits per heavy atom. The van der Waals surface area contributed by atoms with E-state index in [0.717, 1.165) is 0 Å². The zero-order valence-electron chi connectivity index (χ0n) is 6.12. The van der Waals surface area contributed by atoms with Gasteiger partial charge in [-0.25, -0.2) is 4.39 Å². The summed E-state index contributed by atoms with van der Waals surface area (Å²) in [6, 6.07) is 1.30. The molecule has 0 saturated heterocycles. The van der Waals surface area contributed by atoms with E-state index in [1.165, 1.54) is 22.6 Å². The molecule has 1 aromatic rings. The smallest absolute Gasteiger partial charge is 0.396 e. The Balaban J connectivity index is 3.29. The van der Waals surface area contributed by atoms with Crippen molar-refractivity contribution in [3.63, 3.8) is 0 Å². The van der Waals surface area contributed by atoms with Gasteiger partial charge < -0.3 is 5.73 Å². The van der Waals surface area contributed by atoms with Gasteiger partial charge >= 0.3 is 6.18 Å². The van der Waals surface area contributed by atoms with E-state index in [0.29, 0.717) is 12.1 Å². The molecule has 0 aliphatic carbocycles. The predicted molar refractivity (Wildman–Crippen MR) is 48.5 cm³/mol. The summed E-state index contributed by atoms with van der Waals surface area (Å²) in [4.78, 5) is 0. The van der Waals surface area contributed by atoms with E-state index in [2.05, 4.69) is 0 Å². The average Bonchev–Trinajstić information content (AvgIpc) is 1.97. The van der Waals surface area contributed by atoms with Gasteiger partial charge in [-0.1, -0.05) is 0 Å². The SMILES string of the molecule is Nc1cc(C(F)(F)F)cc(I)c1F. The highest BCUT2D eigenvalue weighted by Gasteiger charge is 2.31. The van der Waals surface area contributed by atoms with Gasteiger partial charge in [0.15, 0.2) is 5.82 Å². The summed E-state index contributed by atoms with van der Waals surface area (Å²) in [5, 5.41) is 0. The van der Waals surface area contributed by atoms with Crippen LogP contribution < -0.4 is 5.73 Å². The lowest BCUT2D eigenvalue weighted by molar-refractivity contribution is -0.137. The van der Waals surface area contributed by atoms with E-state index < -0.39 is 23.2 Å². The molecule has 0 radical (unpaired) electrons. The minimum atomic E-state index is -4.48. The molecule has 0 saturated carbocycles. The van der Waals surface area contributed by atoms with Crippen LogP contribution in [0.3, 0.4) is 0 Å². The van der Waals surface area contributed by atoms with Gasteiger partial charge in [0.05, 0.1) is 14.8 Å². The van der Waals surface area contributed by atoms with Crippen molar-refractivity contribution in [2.24, 2.45) is 0 Å². The molecule has 0 spiro atoms. The molecule has 0 atom stereocenters. The minimum absolute atomic E-state index is 0.134. The molecule has 1 nitrogen and oxygen atoms in total. The number of rotatable bonds is 0. The lowest BCUT2D eigenvalue weighted by Gasteiger charge is -2.08. The number of nitrogen functional groups attached to an aromatic ring is 1. The average molecular weight is 305 g/mol. The van der Waals surface area contributed by atoms with Crippen LogP contribution in [-0.4, -0.2) is 0 Å². The Bertz CT molecular complexity index is 311. The van der Waals surface area contributed by atoms with Gasteiger partial charge in [-0.15, -0.1) is 0 Å². The summed E-state index contributed by atoms with van der Waals surface area (Å²) in [7, 11) is 0. The molecule has 0 aliphatic heterocycles. The van der Waals surface area contributed by atoms with Crippen molar-refractivity contribution in [1.82, 2.24) is 0 Å². The van der Waals surface area contributed by atoms with Crippen molar-refractivity contribution in [1.29, 1.82) is 0 Å². The van der Waals surface area contributed by atoms with Crippen molar-refractivity contribution in [2.75, 3.05) is 5.73 Å². The minimum Gasteiger partial charge on any atom is -0.396 e. The number of halogens is 5. The number of nitrogens with two attached hydrogens (primary N) is 1. The Morgan fingerprint density at radius 1 is 1.23 bits per heavy atom. The second kappa shape index (κ2) is 3.32. The molecule has 6 heteroatoms. The third kappa shape index (κ3) is 2.23. The Hall–Kier alpha value is -0.530. The number of benzene rings is 1. The fourth-order valence-electron chi connectivity index (χ4n) is 0.774. The quantitative estimate of drug-likeness (QED) is 0.445. The van der Waals surface area contributed by atoms with E-state index in [1.807, 2.05) is 0 Å². The number of hydrogen-bond acceptors (Lipinski definition) is 1. The Morgan fingerprint density at radius 3 is 2.15 bits per heavy atom. The third-order valence-corrected chi connectivity index (χ3v) is 2.17. The van der Waals surface area contributed by atoms with Crippen LogP contribution in [0.5, 0.6) is 0 Å².